The molecule has 0 heterocycles. The Labute approximate surface area is 146 Å². The van der Waals surface area contributed by atoms with Crippen LogP contribution in [0.15, 0.2) is 42.5 Å². The van der Waals surface area contributed by atoms with Crippen LogP contribution in [-0.4, -0.2) is 20.7 Å². The number of fused-ring (bicyclic) bond motifs is 1. The maximum Gasteiger partial charge on any atom is 0.416 e. The van der Waals surface area contributed by atoms with Crippen molar-refractivity contribution in [3.8, 4) is 5.75 Å². The van der Waals surface area contributed by atoms with Gasteiger partial charge in [0.15, 0.2) is 0 Å². The summed E-state index contributed by atoms with van der Waals surface area (Å²) in [6.07, 6.45) is -2.78. The van der Waals surface area contributed by atoms with Gasteiger partial charge in [0.2, 0.25) is 0 Å². The van der Waals surface area contributed by atoms with Crippen molar-refractivity contribution in [1.29, 1.82) is 0 Å². The highest BCUT2D eigenvalue weighted by Crippen LogP contribution is 2.42. The topological polar surface area (TPSA) is 21.3 Å². The SMILES string of the molecule is CNCC1Cc2ccc(OC)cc2C1Cc1cccc(C(F)(F)F)c1. The lowest BCUT2D eigenvalue weighted by atomic mass is 9.86. The van der Waals surface area contributed by atoms with Crippen LogP contribution in [0.2, 0.25) is 0 Å². The number of benzene rings is 2. The van der Waals surface area contributed by atoms with Crippen molar-refractivity contribution in [2.45, 2.75) is 24.9 Å². The first-order valence-electron chi connectivity index (χ1n) is 8.40. The molecule has 0 amide bonds. The number of nitrogens with one attached hydrogen (secondary N) is 1. The van der Waals surface area contributed by atoms with E-state index in [1.807, 2.05) is 19.2 Å². The average Bonchev–Trinajstić information content (AvgIpc) is 2.91. The molecule has 25 heavy (non-hydrogen) atoms. The van der Waals surface area contributed by atoms with E-state index in [1.54, 1.807) is 13.2 Å². The normalized spacial score (nSPS) is 19.7. The van der Waals surface area contributed by atoms with E-state index in [4.69, 9.17) is 4.74 Å². The molecule has 134 valence electrons. The first-order valence-corrected chi connectivity index (χ1v) is 8.40. The second-order valence-corrected chi connectivity index (χ2v) is 6.60. The Morgan fingerprint density at radius 2 is 1.96 bits per heavy atom. The van der Waals surface area contributed by atoms with Crippen molar-refractivity contribution in [2.24, 2.45) is 5.92 Å². The molecule has 0 spiro atoms. The van der Waals surface area contributed by atoms with Crippen molar-refractivity contribution in [3.05, 3.63) is 64.7 Å². The van der Waals surface area contributed by atoms with E-state index in [2.05, 4.69) is 11.4 Å². The summed E-state index contributed by atoms with van der Waals surface area (Å²) < 4.78 is 44.3. The van der Waals surface area contributed by atoms with E-state index in [-0.39, 0.29) is 5.92 Å². The fourth-order valence-electron chi connectivity index (χ4n) is 3.79. The molecule has 2 nitrogen and oxygen atoms in total. The van der Waals surface area contributed by atoms with Crippen molar-refractivity contribution in [1.82, 2.24) is 5.32 Å². The molecular weight excluding hydrogens is 327 g/mol. The van der Waals surface area contributed by atoms with Gasteiger partial charge in [0.05, 0.1) is 12.7 Å². The monoisotopic (exact) mass is 349 g/mol. The summed E-state index contributed by atoms with van der Waals surface area (Å²) in [4.78, 5) is 0. The molecule has 2 aromatic carbocycles. The molecule has 2 aromatic rings. The summed E-state index contributed by atoms with van der Waals surface area (Å²) in [6.45, 7) is 0.834. The zero-order valence-corrected chi connectivity index (χ0v) is 14.4. The van der Waals surface area contributed by atoms with E-state index < -0.39 is 11.7 Å². The standard InChI is InChI=1S/C20H22F3NO/c1-24-12-15-10-14-6-7-17(25-2)11-19(14)18(15)9-13-4-3-5-16(8-13)20(21,22)23/h3-8,11,15,18,24H,9-10,12H2,1-2H3. The number of methoxy groups -OCH3 is 1. The quantitative estimate of drug-likeness (QED) is 0.862. The van der Waals surface area contributed by atoms with Gasteiger partial charge < -0.3 is 10.1 Å². The van der Waals surface area contributed by atoms with Crippen LogP contribution in [0, 0.1) is 5.92 Å². The van der Waals surface area contributed by atoms with Gasteiger partial charge in [0.25, 0.3) is 0 Å². The molecular formula is C20H22F3NO. The van der Waals surface area contributed by atoms with E-state index in [0.717, 1.165) is 30.3 Å². The summed E-state index contributed by atoms with van der Waals surface area (Å²) in [5.41, 5.74) is 2.59. The summed E-state index contributed by atoms with van der Waals surface area (Å²) in [6, 6.07) is 11.7. The second kappa shape index (κ2) is 7.08. The second-order valence-electron chi connectivity index (χ2n) is 6.60. The van der Waals surface area contributed by atoms with E-state index in [9.17, 15) is 13.2 Å². The molecule has 0 saturated heterocycles. The fourth-order valence-corrected chi connectivity index (χ4v) is 3.79. The van der Waals surface area contributed by atoms with Gasteiger partial charge in [-0.05, 0) is 73.2 Å². The van der Waals surface area contributed by atoms with Crippen molar-refractivity contribution in [3.63, 3.8) is 0 Å². The Balaban J connectivity index is 1.92. The van der Waals surface area contributed by atoms with Crippen molar-refractivity contribution < 1.29 is 17.9 Å². The minimum absolute atomic E-state index is 0.182. The van der Waals surface area contributed by atoms with Crippen LogP contribution in [0.1, 0.15) is 28.2 Å². The molecule has 0 bridgehead atoms. The third-order valence-electron chi connectivity index (χ3n) is 4.98. The number of alkyl halides is 3. The minimum atomic E-state index is -4.31. The Morgan fingerprint density at radius 1 is 1.16 bits per heavy atom. The number of ether oxygens (including phenoxy) is 1. The molecule has 1 N–H and O–H groups in total. The number of rotatable bonds is 5. The lowest BCUT2D eigenvalue weighted by Gasteiger charge is -2.21. The third-order valence-corrected chi connectivity index (χ3v) is 4.98. The first kappa shape index (κ1) is 17.8. The van der Waals surface area contributed by atoms with Crippen molar-refractivity contribution >= 4 is 0 Å². The molecule has 3 rings (SSSR count). The number of halogens is 3. The number of hydrogen-bond donors (Lipinski definition) is 1. The lowest BCUT2D eigenvalue weighted by molar-refractivity contribution is -0.137. The molecule has 2 atom stereocenters. The van der Waals surface area contributed by atoms with Crippen LogP contribution in [0.3, 0.4) is 0 Å². The predicted molar refractivity (Wildman–Crippen MR) is 92.0 cm³/mol. The number of hydrogen-bond acceptors (Lipinski definition) is 2. The van der Waals surface area contributed by atoms with Crippen molar-refractivity contribution in [2.75, 3.05) is 20.7 Å². The molecule has 0 radical (unpaired) electrons. The van der Waals surface area contributed by atoms with Gasteiger partial charge in [-0.1, -0.05) is 24.3 Å². The summed E-state index contributed by atoms with van der Waals surface area (Å²) >= 11 is 0. The highest BCUT2D eigenvalue weighted by molar-refractivity contribution is 5.43. The van der Waals surface area contributed by atoms with Crippen LogP contribution in [0.5, 0.6) is 5.75 Å². The highest BCUT2D eigenvalue weighted by atomic mass is 19.4. The average molecular weight is 349 g/mol. The Kier molecular flexibility index (Phi) is 5.04. The Hall–Kier alpha value is -2.01. The van der Waals surface area contributed by atoms with Gasteiger partial charge in [-0.25, -0.2) is 0 Å². The largest absolute Gasteiger partial charge is 0.497 e. The van der Waals surface area contributed by atoms with Gasteiger partial charge in [0, 0.05) is 0 Å². The first-order chi connectivity index (χ1) is 11.9. The zero-order chi connectivity index (χ0) is 18.0. The smallest absolute Gasteiger partial charge is 0.416 e. The van der Waals surface area contributed by atoms with Gasteiger partial charge in [-0.3, -0.25) is 0 Å². The molecule has 0 fully saturated rings. The molecule has 5 heteroatoms. The maximum atomic E-state index is 13.0. The third kappa shape index (κ3) is 3.82. The van der Waals surface area contributed by atoms with Gasteiger partial charge in [0.1, 0.15) is 5.75 Å². The molecule has 2 unspecified atom stereocenters. The van der Waals surface area contributed by atoms with Crippen LogP contribution >= 0.6 is 0 Å². The molecule has 0 aliphatic heterocycles. The van der Waals surface area contributed by atoms with E-state index in [1.165, 1.54) is 23.3 Å². The predicted octanol–water partition coefficient (Wildman–Crippen LogP) is 4.43. The van der Waals surface area contributed by atoms with Crippen LogP contribution in [0.4, 0.5) is 13.2 Å². The fraction of sp³-hybridized carbons (Fsp3) is 0.400. The van der Waals surface area contributed by atoms with Crippen LogP contribution in [0.25, 0.3) is 0 Å². The van der Waals surface area contributed by atoms with E-state index >= 15 is 0 Å². The van der Waals surface area contributed by atoms with Gasteiger partial charge >= 0.3 is 6.18 Å². The van der Waals surface area contributed by atoms with Gasteiger partial charge in [-0.15, -0.1) is 0 Å². The molecule has 0 aromatic heterocycles. The highest BCUT2D eigenvalue weighted by Gasteiger charge is 2.34. The summed E-state index contributed by atoms with van der Waals surface area (Å²) in [5.74, 6) is 1.33. The Bertz CT molecular complexity index is 742. The van der Waals surface area contributed by atoms with Crippen LogP contribution < -0.4 is 10.1 Å². The molecule has 1 aliphatic carbocycles. The zero-order valence-electron chi connectivity index (χ0n) is 14.4. The summed E-state index contributed by atoms with van der Waals surface area (Å²) in [5, 5.41) is 3.21. The van der Waals surface area contributed by atoms with E-state index in [0.29, 0.717) is 12.3 Å². The summed E-state index contributed by atoms with van der Waals surface area (Å²) in [7, 11) is 3.54. The molecule has 0 saturated carbocycles. The van der Waals surface area contributed by atoms with Gasteiger partial charge in [-0.2, -0.15) is 13.2 Å². The molecule has 1 aliphatic rings. The minimum Gasteiger partial charge on any atom is -0.497 e. The Morgan fingerprint density at radius 3 is 2.64 bits per heavy atom. The maximum absolute atomic E-state index is 13.0. The van der Waals surface area contributed by atoms with Crippen LogP contribution in [-0.2, 0) is 19.0 Å². The lowest BCUT2D eigenvalue weighted by Crippen LogP contribution is -2.23.